The quantitative estimate of drug-likeness (QED) is 0.773. The number of alkyl halides is 3. The second kappa shape index (κ2) is 9.05. The zero-order chi connectivity index (χ0) is 21.0. The molecule has 1 amide bonds. The topological polar surface area (TPSA) is 35.6 Å². The van der Waals surface area contributed by atoms with E-state index in [0.717, 1.165) is 11.6 Å². The summed E-state index contributed by atoms with van der Waals surface area (Å²) in [7, 11) is 0. The summed E-state index contributed by atoms with van der Waals surface area (Å²) in [5, 5.41) is 3.61. The van der Waals surface area contributed by atoms with Gasteiger partial charge in [-0.05, 0) is 42.8 Å². The van der Waals surface area contributed by atoms with Gasteiger partial charge in [-0.25, -0.2) is 0 Å². The van der Waals surface area contributed by atoms with E-state index in [0.29, 0.717) is 36.9 Å². The molecule has 1 aliphatic heterocycles. The summed E-state index contributed by atoms with van der Waals surface area (Å²) in [6, 6.07) is 12.6. The van der Waals surface area contributed by atoms with Crippen molar-refractivity contribution in [3.8, 4) is 0 Å². The fraction of sp³-hybridized carbons (Fsp3) is 0.381. The molecule has 1 fully saturated rings. The lowest BCUT2D eigenvalue weighted by Gasteiger charge is -2.36. The molecule has 0 saturated carbocycles. The van der Waals surface area contributed by atoms with Gasteiger partial charge in [0.1, 0.15) is 0 Å². The molecule has 2 aromatic rings. The highest BCUT2D eigenvalue weighted by Crippen LogP contribution is 2.31. The molecule has 156 valence electrons. The summed E-state index contributed by atoms with van der Waals surface area (Å²) >= 11 is 5.88. The van der Waals surface area contributed by atoms with Crippen LogP contribution in [-0.2, 0) is 11.0 Å². The van der Waals surface area contributed by atoms with Gasteiger partial charge < -0.3 is 10.2 Å². The Balaban J connectivity index is 1.49. The average molecular weight is 426 g/mol. The van der Waals surface area contributed by atoms with E-state index in [1.807, 2.05) is 28.9 Å². The minimum Gasteiger partial charge on any atom is -0.369 e. The van der Waals surface area contributed by atoms with Crippen molar-refractivity contribution in [2.75, 3.05) is 37.6 Å². The Bertz CT molecular complexity index is 834. The van der Waals surface area contributed by atoms with Crippen LogP contribution in [-0.4, -0.2) is 43.5 Å². The Labute approximate surface area is 173 Å². The van der Waals surface area contributed by atoms with Crippen LogP contribution < -0.4 is 10.2 Å². The summed E-state index contributed by atoms with van der Waals surface area (Å²) in [6.07, 6.45) is -4.35. The Morgan fingerprint density at radius 1 is 1.10 bits per heavy atom. The van der Waals surface area contributed by atoms with Crippen LogP contribution in [0.15, 0.2) is 48.5 Å². The number of carbonyl (C=O) groups is 1. The molecule has 0 bridgehead atoms. The average Bonchev–Trinajstić information content (AvgIpc) is 2.68. The maximum Gasteiger partial charge on any atom is 0.416 e. The van der Waals surface area contributed by atoms with Crippen LogP contribution in [0.2, 0.25) is 5.02 Å². The van der Waals surface area contributed by atoms with E-state index in [9.17, 15) is 18.0 Å². The second-order valence-corrected chi connectivity index (χ2v) is 7.59. The number of amides is 1. The maximum absolute atomic E-state index is 12.9. The molecule has 3 rings (SSSR count). The number of rotatable bonds is 5. The standard InChI is InChI=1S/C21H23ClF3N3O/c1-15(16-5-7-18(22)8-6-16)26-20(29)14-27-9-11-28(12-10-27)19-4-2-3-17(13-19)21(23,24)25/h2-8,13,15H,9-12,14H2,1H3,(H,26,29). The SMILES string of the molecule is CC(NC(=O)CN1CCN(c2cccc(C(F)(F)F)c2)CC1)c1ccc(Cl)cc1. The highest BCUT2D eigenvalue weighted by Gasteiger charge is 2.31. The highest BCUT2D eigenvalue weighted by molar-refractivity contribution is 6.30. The van der Waals surface area contributed by atoms with Gasteiger partial charge in [0, 0.05) is 36.9 Å². The predicted molar refractivity (Wildman–Crippen MR) is 108 cm³/mol. The van der Waals surface area contributed by atoms with Gasteiger partial charge in [-0.1, -0.05) is 29.8 Å². The number of piperazine rings is 1. The van der Waals surface area contributed by atoms with Crippen LogP contribution in [0.25, 0.3) is 0 Å². The zero-order valence-corrected chi connectivity index (χ0v) is 16.8. The first kappa shape index (κ1) is 21.5. The summed E-state index contributed by atoms with van der Waals surface area (Å²) in [4.78, 5) is 16.3. The smallest absolute Gasteiger partial charge is 0.369 e. The van der Waals surface area contributed by atoms with Gasteiger partial charge in [-0.3, -0.25) is 9.69 Å². The number of nitrogens with one attached hydrogen (secondary N) is 1. The fourth-order valence-corrected chi connectivity index (χ4v) is 3.49. The number of carbonyl (C=O) groups excluding carboxylic acids is 1. The normalized spacial score (nSPS) is 16.5. The van der Waals surface area contributed by atoms with E-state index in [-0.39, 0.29) is 18.5 Å². The molecule has 1 heterocycles. The van der Waals surface area contributed by atoms with Crippen LogP contribution in [0.5, 0.6) is 0 Å². The molecule has 4 nitrogen and oxygen atoms in total. The first-order valence-electron chi connectivity index (χ1n) is 9.42. The second-order valence-electron chi connectivity index (χ2n) is 7.15. The van der Waals surface area contributed by atoms with Gasteiger partial charge in [-0.2, -0.15) is 13.2 Å². The molecular formula is C21H23ClF3N3O. The number of hydrogen-bond acceptors (Lipinski definition) is 3. The van der Waals surface area contributed by atoms with Crippen molar-refractivity contribution in [3.63, 3.8) is 0 Å². The molecule has 1 unspecified atom stereocenters. The Morgan fingerprint density at radius 2 is 1.76 bits per heavy atom. The van der Waals surface area contributed by atoms with Crippen molar-refractivity contribution in [1.82, 2.24) is 10.2 Å². The van der Waals surface area contributed by atoms with Crippen molar-refractivity contribution in [1.29, 1.82) is 0 Å². The lowest BCUT2D eigenvalue weighted by Crippen LogP contribution is -2.49. The largest absolute Gasteiger partial charge is 0.416 e. The highest BCUT2D eigenvalue weighted by atomic mass is 35.5. The lowest BCUT2D eigenvalue weighted by atomic mass is 10.1. The summed E-state index contributed by atoms with van der Waals surface area (Å²) in [6.45, 7) is 4.53. The van der Waals surface area contributed by atoms with Gasteiger partial charge in [0.05, 0.1) is 18.2 Å². The molecular weight excluding hydrogens is 403 g/mol. The summed E-state index contributed by atoms with van der Waals surface area (Å²) < 4.78 is 38.7. The molecule has 2 aromatic carbocycles. The van der Waals surface area contributed by atoms with Gasteiger partial charge in [0.2, 0.25) is 5.91 Å². The number of nitrogens with zero attached hydrogens (tertiary/aromatic N) is 2. The summed E-state index contributed by atoms with van der Waals surface area (Å²) in [5.41, 5.74) is 0.880. The minimum absolute atomic E-state index is 0.0834. The van der Waals surface area contributed by atoms with E-state index in [1.54, 1.807) is 18.2 Å². The molecule has 1 N–H and O–H groups in total. The molecule has 0 spiro atoms. The fourth-order valence-electron chi connectivity index (χ4n) is 3.37. The number of hydrogen-bond donors (Lipinski definition) is 1. The van der Waals surface area contributed by atoms with Crippen LogP contribution >= 0.6 is 11.6 Å². The van der Waals surface area contributed by atoms with Crippen LogP contribution in [0.1, 0.15) is 24.1 Å². The molecule has 1 atom stereocenters. The van der Waals surface area contributed by atoms with E-state index in [1.165, 1.54) is 12.1 Å². The number of benzene rings is 2. The van der Waals surface area contributed by atoms with E-state index >= 15 is 0 Å². The third-order valence-electron chi connectivity index (χ3n) is 5.03. The van der Waals surface area contributed by atoms with Gasteiger partial charge in [-0.15, -0.1) is 0 Å². The molecule has 1 saturated heterocycles. The van der Waals surface area contributed by atoms with Crippen molar-refractivity contribution in [2.45, 2.75) is 19.1 Å². The molecule has 8 heteroatoms. The van der Waals surface area contributed by atoms with Gasteiger partial charge in [0.15, 0.2) is 0 Å². The Hall–Kier alpha value is -2.25. The predicted octanol–water partition coefficient (Wildman–Crippen LogP) is 4.36. The molecule has 0 aliphatic carbocycles. The Kier molecular flexibility index (Phi) is 6.70. The van der Waals surface area contributed by atoms with Crippen LogP contribution in [0.4, 0.5) is 18.9 Å². The van der Waals surface area contributed by atoms with Crippen molar-refractivity contribution in [3.05, 3.63) is 64.7 Å². The molecule has 1 aliphatic rings. The third kappa shape index (κ3) is 5.87. The van der Waals surface area contributed by atoms with Crippen LogP contribution in [0.3, 0.4) is 0 Å². The lowest BCUT2D eigenvalue weighted by molar-refractivity contribution is -0.137. The third-order valence-corrected chi connectivity index (χ3v) is 5.28. The van der Waals surface area contributed by atoms with E-state index in [2.05, 4.69) is 5.32 Å². The Morgan fingerprint density at radius 3 is 2.38 bits per heavy atom. The van der Waals surface area contributed by atoms with Crippen molar-refractivity contribution < 1.29 is 18.0 Å². The molecule has 0 radical (unpaired) electrons. The zero-order valence-electron chi connectivity index (χ0n) is 16.0. The molecule has 29 heavy (non-hydrogen) atoms. The number of anilines is 1. The summed E-state index contributed by atoms with van der Waals surface area (Å²) in [5.74, 6) is -0.0834. The first-order chi connectivity index (χ1) is 13.7. The van der Waals surface area contributed by atoms with Gasteiger partial charge in [0.25, 0.3) is 0 Å². The van der Waals surface area contributed by atoms with Crippen LogP contribution in [0, 0.1) is 0 Å². The van der Waals surface area contributed by atoms with Crippen molar-refractivity contribution >= 4 is 23.2 Å². The van der Waals surface area contributed by atoms with Gasteiger partial charge >= 0.3 is 6.18 Å². The first-order valence-corrected chi connectivity index (χ1v) is 9.79. The maximum atomic E-state index is 12.9. The monoisotopic (exact) mass is 425 g/mol. The van der Waals surface area contributed by atoms with E-state index < -0.39 is 11.7 Å². The minimum atomic E-state index is -4.35. The molecule has 0 aromatic heterocycles. The number of halogens is 4. The van der Waals surface area contributed by atoms with Crippen molar-refractivity contribution in [2.24, 2.45) is 0 Å². The van der Waals surface area contributed by atoms with E-state index in [4.69, 9.17) is 11.6 Å².